The zero-order valence-electron chi connectivity index (χ0n) is 19.2. The second-order valence-electron chi connectivity index (χ2n) is 8.98. The van der Waals surface area contributed by atoms with E-state index in [1.807, 2.05) is 13.8 Å². The summed E-state index contributed by atoms with van der Waals surface area (Å²) in [6.07, 6.45) is 6.19. The molecule has 5 N–H and O–H groups in total. The molecule has 5 atom stereocenters. The van der Waals surface area contributed by atoms with Crippen LogP contribution in [0.5, 0.6) is 0 Å². The highest BCUT2D eigenvalue weighted by molar-refractivity contribution is 5.94. The highest BCUT2D eigenvalue weighted by Gasteiger charge is 2.42. The van der Waals surface area contributed by atoms with Crippen molar-refractivity contribution in [3.05, 3.63) is 18.2 Å². The van der Waals surface area contributed by atoms with Crippen LogP contribution >= 0.6 is 0 Å². The van der Waals surface area contributed by atoms with Crippen molar-refractivity contribution >= 4 is 23.7 Å². The lowest BCUT2D eigenvalue weighted by molar-refractivity contribution is -0.150. The number of aromatic amines is 1. The Morgan fingerprint density at radius 2 is 1.82 bits per heavy atom. The molecule has 11 heteroatoms. The first-order chi connectivity index (χ1) is 15.7. The number of carboxylic acids is 1. The summed E-state index contributed by atoms with van der Waals surface area (Å²) in [5.41, 5.74) is 6.84. The van der Waals surface area contributed by atoms with Crippen molar-refractivity contribution in [2.45, 2.75) is 76.5 Å². The van der Waals surface area contributed by atoms with Gasteiger partial charge >= 0.3 is 5.97 Å². The molecule has 0 bridgehead atoms. The third-order valence-corrected chi connectivity index (χ3v) is 6.75. The number of nitrogens with two attached hydrogens (primary N) is 1. The molecule has 2 aliphatic heterocycles. The molecular formula is C22H34N6O5. The van der Waals surface area contributed by atoms with Crippen LogP contribution in [0.2, 0.25) is 0 Å². The Morgan fingerprint density at radius 1 is 1.18 bits per heavy atom. The summed E-state index contributed by atoms with van der Waals surface area (Å²) in [7, 11) is 0. The number of hydrogen-bond donors (Lipinski definition) is 4. The molecule has 182 valence electrons. The molecule has 0 unspecified atom stereocenters. The summed E-state index contributed by atoms with van der Waals surface area (Å²) < 4.78 is 0. The standard InChI is InChI=1S/C22H34N6O5/c1-3-13(2)18(21(31)28-9-5-7-17(28)22(32)33)26-19(29)16-6-4-8-27(16)20(30)15(23)10-14-11-24-12-25-14/h11-13,15-18H,3-10,23H2,1-2H3,(H,24,25)(H,26,29)(H,32,33)/t13-,15-,16-,17-,18-/m0/s1. The summed E-state index contributed by atoms with van der Waals surface area (Å²) in [6, 6.07) is -3.24. The zero-order chi connectivity index (χ0) is 24.1. The van der Waals surface area contributed by atoms with Crippen molar-refractivity contribution < 1.29 is 24.3 Å². The minimum Gasteiger partial charge on any atom is -0.480 e. The minimum absolute atomic E-state index is 0.190. The van der Waals surface area contributed by atoms with E-state index in [1.54, 1.807) is 6.20 Å². The van der Waals surface area contributed by atoms with E-state index in [4.69, 9.17) is 5.73 Å². The third kappa shape index (κ3) is 5.52. The van der Waals surface area contributed by atoms with Crippen LogP contribution in [0, 0.1) is 5.92 Å². The molecule has 33 heavy (non-hydrogen) atoms. The van der Waals surface area contributed by atoms with Crippen LogP contribution < -0.4 is 11.1 Å². The smallest absolute Gasteiger partial charge is 0.326 e. The van der Waals surface area contributed by atoms with E-state index in [2.05, 4.69) is 15.3 Å². The van der Waals surface area contributed by atoms with Crippen molar-refractivity contribution in [3.63, 3.8) is 0 Å². The number of hydrogen-bond acceptors (Lipinski definition) is 6. The number of H-pyrrole nitrogens is 1. The van der Waals surface area contributed by atoms with Crippen molar-refractivity contribution in [3.8, 4) is 0 Å². The number of carbonyl (C=O) groups is 4. The maximum Gasteiger partial charge on any atom is 0.326 e. The summed E-state index contributed by atoms with van der Waals surface area (Å²) in [6.45, 7) is 4.54. The second-order valence-corrected chi connectivity index (χ2v) is 8.98. The Kier molecular flexibility index (Phi) is 8.06. The van der Waals surface area contributed by atoms with Crippen LogP contribution in [-0.2, 0) is 25.6 Å². The van der Waals surface area contributed by atoms with Crippen molar-refractivity contribution in [2.24, 2.45) is 11.7 Å². The molecule has 1 aromatic heterocycles. The van der Waals surface area contributed by atoms with Crippen LogP contribution in [0.1, 0.15) is 51.6 Å². The molecule has 3 amide bonds. The van der Waals surface area contributed by atoms with E-state index in [9.17, 15) is 24.3 Å². The van der Waals surface area contributed by atoms with E-state index < -0.39 is 36.0 Å². The predicted octanol–water partition coefficient (Wildman–Crippen LogP) is -0.123. The normalized spacial score (nSPS) is 23.2. The molecule has 1 aromatic rings. The lowest BCUT2D eigenvalue weighted by Gasteiger charge is -2.32. The van der Waals surface area contributed by atoms with E-state index in [1.165, 1.54) is 16.1 Å². The van der Waals surface area contributed by atoms with Crippen LogP contribution in [0.25, 0.3) is 0 Å². The largest absolute Gasteiger partial charge is 0.480 e. The van der Waals surface area contributed by atoms with Gasteiger partial charge in [0.1, 0.15) is 18.1 Å². The molecule has 2 aliphatic rings. The Morgan fingerprint density at radius 3 is 2.39 bits per heavy atom. The molecule has 0 spiro atoms. The number of likely N-dealkylation sites (tertiary alicyclic amines) is 2. The van der Waals surface area contributed by atoms with E-state index in [0.717, 1.165) is 5.69 Å². The first-order valence-corrected chi connectivity index (χ1v) is 11.6. The first-order valence-electron chi connectivity index (χ1n) is 11.6. The van der Waals surface area contributed by atoms with E-state index in [0.29, 0.717) is 45.2 Å². The average Bonchev–Trinajstić information content (AvgIpc) is 3.56. The summed E-state index contributed by atoms with van der Waals surface area (Å²) in [5.74, 6) is -2.33. The number of nitrogens with zero attached hydrogens (tertiary/aromatic N) is 3. The van der Waals surface area contributed by atoms with Gasteiger partial charge in [0.25, 0.3) is 0 Å². The lowest BCUT2D eigenvalue weighted by Crippen LogP contribution is -2.58. The number of aliphatic carboxylic acids is 1. The van der Waals surface area contributed by atoms with Gasteiger partial charge in [-0.15, -0.1) is 0 Å². The summed E-state index contributed by atoms with van der Waals surface area (Å²) in [5, 5.41) is 12.3. The van der Waals surface area contributed by atoms with Gasteiger partial charge < -0.3 is 30.9 Å². The predicted molar refractivity (Wildman–Crippen MR) is 119 cm³/mol. The van der Waals surface area contributed by atoms with Crippen LogP contribution in [0.4, 0.5) is 0 Å². The molecule has 3 heterocycles. The molecule has 2 fully saturated rings. The van der Waals surface area contributed by atoms with Gasteiger partial charge in [0.2, 0.25) is 17.7 Å². The summed E-state index contributed by atoms with van der Waals surface area (Å²) >= 11 is 0. The number of nitrogens with one attached hydrogen (secondary N) is 2. The maximum absolute atomic E-state index is 13.3. The van der Waals surface area contributed by atoms with Crippen LogP contribution in [-0.4, -0.2) is 85.8 Å². The van der Waals surface area contributed by atoms with E-state index in [-0.39, 0.29) is 24.2 Å². The Hall–Kier alpha value is -2.95. The number of aromatic nitrogens is 2. The molecular weight excluding hydrogens is 428 g/mol. The highest BCUT2D eigenvalue weighted by atomic mass is 16.4. The number of carboxylic acid groups (broad SMARTS) is 1. The first kappa shape index (κ1) is 24.7. The summed E-state index contributed by atoms with van der Waals surface area (Å²) in [4.78, 5) is 60.7. The van der Waals surface area contributed by atoms with Crippen molar-refractivity contribution in [1.29, 1.82) is 0 Å². The fourth-order valence-corrected chi connectivity index (χ4v) is 4.64. The second kappa shape index (κ2) is 10.8. The third-order valence-electron chi connectivity index (χ3n) is 6.75. The maximum atomic E-state index is 13.3. The van der Waals surface area contributed by atoms with Crippen LogP contribution in [0.15, 0.2) is 12.5 Å². The Labute approximate surface area is 193 Å². The quantitative estimate of drug-likeness (QED) is 0.397. The van der Waals surface area contributed by atoms with Gasteiger partial charge in [0, 0.05) is 31.4 Å². The van der Waals surface area contributed by atoms with Gasteiger partial charge in [-0.05, 0) is 31.6 Å². The zero-order valence-corrected chi connectivity index (χ0v) is 19.2. The van der Waals surface area contributed by atoms with Gasteiger partial charge in [-0.25, -0.2) is 9.78 Å². The van der Waals surface area contributed by atoms with Crippen molar-refractivity contribution in [2.75, 3.05) is 13.1 Å². The van der Waals surface area contributed by atoms with Crippen LogP contribution in [0.3, 0.4) is 0 Å². The minimum atomic E-state index is -1.03. The van der Waals surface area contributed by atoms with Gasteiger partial charge in [-0.1, -0.05) is 20.3 Å². The molecule has 11 nitrogen and oxygen atoms in total. The van der Waals surface area contributed by atoms with Gasteiger partial charge in [-0.3, -0.25) is 14.4 Å². The monoisotopic (exact) mass is 462 g/mol. The highest BCUT2D eigenvalue weighted by Crippen LogP contribution is 2.23. The molecule has 0 saturated carbocycles. The van der Waals surface area contributed by atoms with Gasteiger partial charge in [0.05, 0.1) is 12.4 Å². The molecule has 0 radical (unpaired) electrons. The average molecular weight is 463 g/mol. The molecule has 2 saturated heterocycles. The Balaban J connectivity index is 1.69. The van der Waals surface area contributed by atoms with Gasteiger partial charge in [0.15, 0.2) is 0 Å². The van der Waals surface area contributed by atoms with E-state index >= 15 is 0 Å². The number of amides is 3. The fourth-order valence-electron chi connectivity index (χ4n) is 4.64. The lowest BCUT2D eigenvalue weighted by atomic mass is 9.96. The topological polar surface area (TPSA) is 162 Å². The number of imidazole rings is 1. The SMILES string of the molecule is CC[C@H](C)[C@H](NC(=O)[C@@H]1CCCN1C(=O)[C@@H](N)Cc1cnc[nH]1)C(=O)N1CCC[C@H]1C(=O)O. The van der Waals surface area contributed by atoms with Gasteiger partial charge in [-0.2, -0.15) is 0 Å². The van der Waals surface area contributed by atoms with Crippen molar-refractivity contribution in [1.82, 2.24) is 25.1 Å². The molecule has 0 aromatic carbocycles. The fraction of sp³-hybridized carbons (Fsp3) is 0.682. The number of carbonyl (C=O) groups excluding carboxylic acids is 3. The molecule has 3 rings (SSSR count). The Bertz CT molecular complexity index is 859. The molecule has 0 aliphatic carbocycles. The number of rotatable bonds is 9.